The molecule has 1 aliphatic carbocycles. The molecule has 2 nitrogen and oxygen atoms in total. The second-order valence-electron chi connectivity index (χ2n) is 5.18. The van der Waals surface area contributed by atoms with Crippen LogP contribution in [0.15, 0.2) is 41.3 Å². The Labute approximate surface area is 126 Å². The Hall–Kier alpha value is -1.22. The summed E-state index contributed by atoms with van der Waals surface area (Å²) in [5.74, 6) is 0.256. The molecule has 1 amide bonds. The maximum atomic E-state index is 12.3. The summed E-state index contributed by atoms with van der Waals surface area (Å²) in [5.41, 5.74) is 1.22. The molecule has 0 unspecified atom stereocenters. The second kappa shape index (κ2) is 7.53. The van der Waals surface area contributed by atoms with Crippen LogP contribution in [0.25, 0.3) is 0 Å². The molecular formula is C17H23NOS. The molecular weight excluding hydrogens is 266 g/mol. The van der Waals surface area contributed by atoms with Gasteiger partial charge in [0.15, 0.2) is 0 Å². The van der Waals surface area contributed by atoms with E-state index in [0.29, 0.717) is 12.5 Å². The van der Waals surface area contributed by atoms with E-state index in [1.807, 2.05) is 11.0 Å². The number of hydrogen-bond acceptors (Lipinski definition) is 2. The van der Waals surface area contributed by atoms with E-state index >= 15 is 0 Å². The number of carbonyl (C=O) groups excluding carboxylic acids is 1. The van der Waals surface area contributed by atoms with Crippen LogP contribution < -0.4 is 0 Å². The standard InChI is InChI=1S/C17H23NOS/c1-3-4-5-6-17(19)18(15-9-10-15)13-14-7-11-16(20-2)12-8-14/h4-5,7-8,11-12,15H,3,6,9-10,13H2,1-2H3. The number of allylic oxidation sites excluding steroid dienone is 1. The quantitative estimate of drug-likeness (QED) is 0.552. The van der Waals surface area contributed by atoms with Gasteiger partial charge in [-0.25, -0.2) is 0 Å². The molecule has 0 bridgehead atoms. The average Bonchev–Trinajstić information content (AvgIpc) is 3.30. The Morgan fingerprint density at radius 1 is 1.30 bits per heavy atom. The fourth-order valence-electron chi connectivity index (χ4n) is 2.20. The van der Waals surface area contributed by atoms with E-state index in [1.165, 1.54) is 10.5 Å². The molecule has 2 rings (SSSR count). The lowest BCUT2D eigenvalue weighted by molar-refractivity contribution is -0.131. The first-order valence-corrected chi connectivity index (χ1v) is 8.54. The van der Waals surface area contributed by atoms with Crippen LogP contribution in [-0.2, 0) is 11.3 Å². The third kappa shape index (κ3) is 4.41. The van der Waals surface area contributed by atoms with Crippen LogP contribution in [0.4, 0.5) is 0 Å². The van der Waals surface area contributed by atoms with Gasteiger partial charge in [-0.15, -0.1) is 11.8 Å². The van der Waals surface area contributed by atoms with Crippen LogP contribution in [0, 0.1) is 0 Å². The second-order valence-corrected chi connectivity index (χ2v) is 6.06. The molecule has 0 saturated heterocycles. The van der Waals surface area contributed by atoms with E-state index in [2.05, 4.69) is 43.5 Å². The summed E-state index contributed by atoms with van der Waals surface area (Å²) in [7, 11) is 0. The molecule has 0 N–H and O–H groups in total. The summed E-state index contributed by atoms with van der Waals surface area (Å²) in [6.07, 6.45) is 9.98. The van der Waals surface area contributed by atoms with Crippen molar-refractivity contribution in [2.75, 3.05) is 6.26 Å². The molecule has 1 aromatic carbocycles. The number of hydrogen-bond donors (Lipinski definition) is 0. The molecule has 0 atom stereocenters. The van der Waals surface area contributed by atoms with Crippen molar-refractivity contribution in [3.05, 3.63) is 42.0 Å². The fraction of sp³-hybridized carbons (Fsp3) is 0.471. The van der Waals surface area contributed by atoms with Gasteiger partial charge in [0.25, 0.3) is 0 Å². The first-order valence-electron chi connectivity index (χ1n) is 7.32. The topological polar surface area (TPSA) is 20.3 Å². The van der Waals surface area contributed by atoms with Crippen LogP contribution in [0.3, 0.4) is 0 Å². The molecule has 0 aliphatic heterocycles. The predicted octanol–water partition coefficient (Wildman–Crippen LogP) is 4.26. The van der Waals surface area contributed by atoms with Crippen LogP contribution >= 0.6 is 11.8 Å². The number of nitrogens with zero attached hydrogens (tertiary/aromatic N) is 1. The van der Waals surface area contributed by atoms with Gasteiger partial charge < -0.3 is 4.90 Å². The lowest BCUT2D eigenvalue weighted by Gasteiger charge is -2.22. The number of benzene rings is 1. The minimum atomic E-state index is 0.256. The zero-order chi connectivity index (χ0) is 14.4. The highest BCUT2D eigenvalue weighted by atomic mass is 32.2. The highest BCUT2D eigenvalue weighted by Crippen LogP contribution is 2.29. The lowest BCUT2D eigenvalue weighted by atomic mass is 10.2. The van der Waals surface area contributed by atoms with Crippen molar-refractivity contribution in [3.63, 3.8) is 0 Å². The van der Waals surface area contributed by atoms with E-state index in [4.69, 9.17) is 0 Å². The Bertz CT molecular complexity index is 462. The summed E-state index contributed by atoms with van der Waals surface area (Å²) in [6.45, 7) is 2.84. The number of amides is 1. The largest absolute Gasteiger partial charge is 0.335 e. The summed E-state index contributed by atoms with van der Waals surface area (Å²) in [6, 6.07) is 9.00. The average molecular weight is 289 g/mol. The molecule has 1 aliphatic rings. The third-order valence-corrected chi connectivity index (χ3v) is 4.26. The first-order chi connectivity index (χ1) is 9.74. The van der Waals surface area contributed by atoms with E-state index in [0.717, 1.165) is 25.8 Å². The van der Waals surface area contributed by atoms with Crippen LogP contribution in [0.5, 0.6) is 0 Å². The summed E-state index contributed by atoms with van der Waals surface area (Å²) in [4.78, 5) is 15.6. The van der Waals surface area contributed by atoms with Crippen molar-refractivity contribution in [2.24, 2.45) is 0 Å². The lowest BCUT2D eigenvalue weighted by Crippen LogP contribution is -2.32. The van der Waals surface area contributed by atoms with Gasteiger partial charge in [0.1, 0.15) is 0 Å². The number of rotatable bonds is 7. The fourth-order valence-corrected chi connectivity index (χ4v) is 2.61. The molecule has 0 radical (unpaired) electrons. The van der Waals surface area contributed by atoms with Crippen molar-refractivity contribution >= 4 is 17.7 Å². The van der Waals surface area contributed by atoms with Gasteiger partial charge in [-0.3, -0.25) is 4.79 Å². The van der Waals surface area contributed by atoms with Crippen LogP contribution in [0.2, 0.25) is 0 Å². The third-order valence-electron chi connectivity index (χ3n) is 3.51. The van der Waals surface area contributed by atoms with Crippen LogP contribution in [0.1, 0.15) is 38.2 Å². The van der Waals surface area contributed by atoms with Crippen LogP contribution in [-0.4, -0.2) is 23.1 Å². The Morgan fingerprint density at radius 3 is 2.55 bits per heavy atom. The molecule has 1 fully saturated rings. The zero-order valence-electron chi connectivity index (χ0n) is 12.3. The van der Waals surface area contributed by atoms with Gasteiger partial charge in [0, 0.05) is 23.9 Å². The monoisotopic (exact) mass is 289 g/mol. The molecule has 0 heterocycles. The minimum absolute atomic E-state index is 0.256. The number of carbonyl (C=O) groups is 1. The van der Waals surface area contributed by atoms with Gasteiger partial charge in [0.2, 0.25) is 5.91 Å². The highest BCUT2D eigenvalue weighted by molar-refractivity contribution is 7.98. The number of thioether (sulfide) groups is 1. The summed E-state index contributed by atoms with van der Waals surface area (Å²) < 4.78 is 0. The van der Waals surface area contributed by atoms with E-state index < -0.39 is 0 Å². The van der Waals surface area contributed by atoms with Crippen molar-refractivity contribution in [3.8, 4) is 0 Å². The maximum absolute atomic E-state index is 12.3. The molecule has 20 heavy (non-hydrogen) atoms. The van der Waals surface area contributed by atoms with Crippen molar-refractivity contribution in [2.45, 2.75) is 50.1 Å². The van der Waals surface area contributed by atoms with E-state index in [9.17, 15) is 4.79 Å². The Balaban J connectivity index is 1.97. The Morgan fingerprint density at radius 2 is 2.00 bits per heavy atom. The molecule has 1 aromatic rings. The molecule has 108 valence electrons. The van der Waals surface area contributed by atoms with E-state index in [-0.39, 0.29) is 5.91 Å². The molecule has 0 aromatic heterocycles. The normalized spacial score (nSPS) is 14.7. The molecule has 1 saturated carbocycles. The smallest absolute Gasteiger partial charge is 0.226 e. The van der Waals surface area contributed by atoms with Crippen molar-refractivity contribution < 1.29 is 4.79 Å². The van der Waals surface area contributed by atoms with Gasteiger partial charge in [-0.1, -0.05) is 31.2 Å². The van der Waals surface area contributed by atoms with E-state index in [1.54, 1.807) is 11.8 Å². The molecule has 0 spiro atoms. The van der Waals surface area contributed by atoms with Crippen molar-refractivity contribution in [1.29, 1.82) is 0 Å². The summed E-state index contributed by atoms with van der Waals surface area (Å²) >= 11 is 1.75. The first kappa shape index (κ1) is 15.2. The maximum Gasteiger partial charge on any atom is 0.226 e. The van der Waals surface area contributed by atoms with Crippen molar-refractivity contribution in [1.82, 2.24) is 4.90 Å². The predicted molar refractivity (Wildman–Crippen MR) is 85.8 cm³/mol. The minimum Gasteiger partial charge on any atom is -0.335 e. The van der Waals surface area contributed by atoms with Gasteiger partial charge in [0.05, 0.1) is 0 Å². The van der Waals surface area contributed by atoms with Gasteiger partial charge in [-0.05, 0) is 43.2 Å². The highest BCUT2D eigenvalue weighted by Gasteiger charge is 2.31. The van der Waals surface area contributed by atoms with Gasteiger partial charge in [-0.2, -0.15) is 0 Å². The SMILES string of the molecule is CCC=CCC(=O)N(Cc1ccc(SC)cc1)C1CC1. The Kier molecular flexibility index (Phi) is 5.72. The summed E-state index contributed by atoms with van der Waals surface area (Å²) in [5, 5.41) is 0. The molecule has 3 heteroatoms. The zero-order valence-corrected chi connectivity index (χ0v) is 13.2. The van der Waals surface area contributed by atoms with Gasteiger partial charge >= 0.3 is 0 Å².